The van der Waals surface area contributed by atoms with E-state index in [1.54, 1.807) is 11.1 Å². The number of aryl methyl sites for hydroxylation is 2. The molecule has 1 aliphatic rings. The Morgan fingerprint density at radius 3 is 1.71 bits per heavy atom. The highest BCUT2D eigenvalue weighted by Gasteiger charge is 2.13. The lowest BCUT2D eigenvalue weighted by Gasteiger charge is -2.18. The number of unbranched alkanes of at least 4 members (excludes halogenated alkanes) is 7. The molecule has 212 valence electrons. The lowest BCUT2D eigenvalue weighted by Crippen LogP contribution is -2.27. The average Bonchev–Trinajstić information content (AvgIpc) is 2.96. The van der Waals surface area contributed by atoms with Gasteiger partial charge >= 0.3 is 9.53 Å². The summed E-state index contributed by atoms with van der Waals surface area (Å²) in [5.74, 6) is 0. The first-order chi connectivity index (χ1) is 18.7. The fourth-order valence-corrected chi connectivity index (χ4v) is 6.21. The van der Waals surface area contributed by atoms with Gasteiger partial charge in [-0.3, -0.25) is 0 Å². The molecule has 1 aliphatic carbocycles. The molecule has 0 aromatic heterocycles. The zero-order chi connectivity index (χ0) is 27.4. The van der Waals surface area contributed by atoms with Crippen LogP contribution in [0.3, 0.4) is 0 Å². The maximum Gasteiger partial charge on any atom is 0.484 e. The Hall–Kier alpha value is -1.72. The van der Waals surface area contributed by atoms with Gasteiger partial charge in [0.25, 0.3) is 0 Å². The monoisotopic (exact) mass is 538 g/mol. The van der Waals surface area contributed by atoms with Crippen LogP contribution in [0, 0.1) is 0 Å². The van der Waals surface area contributed by atoms with Crippen molar-refractivity contribution in [2.24, 2.45) is 0 Å². The molecule has 0 aliphatic heterocycles. The molecular weight excluding hydrogens is 484 g/mol. The zero-order valence-electron chi connectivity index (χ0n) is 25.0. The molecule has 4 rings (SSSR count). The van der Waals surface area contributed by atoms with Crippen LogP contribution in [0.2, 0.25) is 0 Å². The fraction of sp³-hybridized carbons (Fsp3) is 0.588. The standard InChI is InChI=1S/C18H16.C10H22.C6H16O3Si/c1-3-7-15-13(5-1)9-11-18-16-8-4-2-6-14(16)10-12-17(15)18;1-3-5-7-9-10-8-6-4-2;1-4-7-10(8-5-2)9-6-3/h1,3,5,7,9-12H,2,4,6,8H2;3-10H2,1-2H3;10H,4-6H2,1-3H3. The minimum Gasteiger partial charge on any atom is -0.376 e. The number of hydrogen-bond donors (Lipinski definition) is 0. The van der Waals surface area contributed by atoms with Crippen molar-refractivity contribution in [3.63, 3.8) is 0 Å². The van der Waals surface area contributed by atoms with Gasteiger partial charge in [-0.2, -0.15) is 0 Å². The van der Waals surface area contributed by atoms with E-state index < -0.39 is 9.53 Å². The first-order valence-corrected chi connectivity index (χ1v) is 16.9. The largest absolute Gasteiger partial charge is 0.484 e. The van der Waals surface area contributed by atoms with Crippen molar-refractivity contribution in [2.75, 3.05) is 19.8 Å². The van der Waals surface area contributed by atoms with Gasteiger partial charge in [0.2, 0.25) is 0 Å². The van der Waals surface area contributed by atoms with E-state index in [2.05, 4.69) is 62.4 Å². The maximum absolute atomic E-state index is 5.22. The molecule has 38 heavy (non-hydrogen) atoms. The Bertz CT molecular complexity index is 997. The van der Waals surface area contributed by atoms with Crippen LogP contribution in [0.25, 0.3) is 21.5 Å². The summed E-state index contributed by atoms with van der Waals surface area (Å²) in [6, 6.07) is 18.0. The number of benzene rings is 3. The maximum atomic E-state index is 5.22. The third kappa shape index (κ3) is 11.2. The Morgan fingerprint density at radius 1 is 0.553 bits per heavy atom. The number of hydrogen-bond acceptors (Lipinski definition) is 3. The average molecular weight is 539 g/mol. The van der Waals surface area contributed by atoms with Crippen molar-refractivity contribution in [1.29, 1.82) is 0 Å². The molecule has 0 unspecified atom stereocenters. The molecule has 3 aromatic carbocycles. The van der Waals surface area contributed by atoms with Crippen LogP contribution < -0.4 is 0 Å². The fourth-order valence-electron chi connectivity index (χ4n) is 5.10. The molecule has 0 saturated heterocycles. The molecule has 0 saturated carbocycles. The van der Waals surface area contributed by atoms with Crippen LogP contribution in [0.5, 0.6) is 0 Å². The minimum atomic E-state index is -1.73. The van der Waals surface area contributed by atoms with Gasteiger partial charge in [0, 0.05) is 19.8 Å². The number of fused-ring (bicyclic) bond motifs is 5. The highest BCUT2D eigenvalue weighted by atomic mass is 28.3. The van der Waals surface area contributed by atoms with Gasteiger partial charge in [-0.25, -0.2) is 0 Å². The summed E-state index contributed by atoms with van der Waals surface area (Å²) in [5, 5.41) is 5.64. The van der Waals surface area contributed by atoms with Gasteiger partial charge in [-0.1, -0.05) is 114 Å². The highest BCUT2D eigenvalue weighted by molar-refractivity contribution is 6.36. The topological polar surface area (TPSA) is 27.7 Å². The van der Waals surface area contributed by atoms with E-state index in [1.165, 1.54) is 98.6 Å². The Morgan fingerprint density at radius 2 is 1.11 bits per heavy atom. The predicted octanol–water partition coefficient (Wildman–Crippen LogP) is 9.83. The van der Waals surface area contributed by atoms with Crippen LogP contribution in [0.15, 0.2) is 48.5 Å². The highest BCUT2D eigenvalue weighted by Crippen LogP contribution is 2.33. The van der Waals surface area contributed by atoms with Crippen molar-refractivity contribution in [3.05, 3.63) is 59.7 Å². The van der Waals surface area contributed by atoms with Crippen LogP contribution in [0.1, 0.15) is 110 Å². The molecule has 0 spiro atoms. The van der Waals surface area contributed by atoms with Gasteiger partial charge in [0.15, 0.2) is 0 Å². The summed E-state index contributed by atoms with van der Waals surface area (Å²) in [6.45, 7) is 12.4. The Balaban J connectivity index is 0.000000220. The summed E-state index contributed by atoms with van der Waals surface area (Å²) >= 11 is 0. The molecule has 0 N–H and O–H groups in total. The van der Waals surface area contributed by atoms with E-state index in [9.17, 15) is 0 Å². The minimum absolute atomic E-state index is 0.677. The second-order valence-corrected chi connectivity index (χ2v) is 11.6. The van der Waals surface area contributed by atoms with Crippen molar-refractivity contribution in [2.45, 2.75) is 112 Å². The van der Waals surface area contributed by atoms with E-state index in [0.717, 1.165) is 0 Å². The Kier molecular flexibility index (Phi) is 17.3. The van der Waals surface area contributed by atoms with E-state index in [-0.39, 0.29) is 0 Å². The molecule has 0 heterocycles. The number of rotatable bonds is 13. The van der Waals surface area contributed by atoms with Gasteiger partial charge in [-0.05, 0) is 79.1 Å². The summed E-state index contributed by atoms with van der Waals surface area (Å²) < 4.78 is 15.7. The van der Waals surface area contributed by atoms with Gasteiger partial charge in [0.1, 0.15) is 0 Å². The third-order valence-electron chi connectivity index (χ3n) is 7.12. The molecule has 0 bridgehead atoms. The second kappa shape index (κ2) is 20.2. The summed E-state index contributed by atoms with van der Waals surface area (Å²) in [7, 11) is -1.73. The van der Waals surface area contributed by atoms with Crippen LogP contribution in [-0.4, -0.2) is 29.3 Å². The van der Waals surface area contributed by atoms with Gasteiger partial charge in [0.05, 0.1) is 0 Å². The van der Waals surface area contributed by atoms with E-state index in [4.69, 9.17) is 13.3 Å². The van der Waals surface area contributed by atoms with Gasteiger partial charge < -0.3 is 13.3 Å². The smallest absolute Gasteiger partial charge is 0.376 e. The molecule has 3 nitrogen and oxygen atoms in total. The summed E-state index contributed by atoms with van der Waals surface area (Å²) in [4.78, 5) is 0. The van der Waals surface area contributed by atoms with Crippen LogP contribution in [-0.2, 0) is 26.1 Å². The normalized spacial score (nSPS) is 12.6. The summed E-state index contributed by atoms with van der Waals surface area (Å²) in [5.41, 5.74) is 3.17. The van der Waals surface area contributed by atoms with Crippen molar-refractivity contribution in [3.8, 4) is 0 Å². The molecule has 3 aromatic rings. The summed E-state index contributed by atoms with van der Waals surface area (Å²) in [6.07, 6.45) is 16.7. The lowest BCUT2D eigenvalue weighted by molar-refractivity contribution is 0.107. The SMILES string of the molecule is CCCCCCCCCC.CCO[SiH](OCC)OCC.c1ccc2c(c1)ccc1c3c(ccc12)CCCC3. The van der Waals surface area contributed by atoms with Crippen LogP contribution >= 0.6 is 0 Å². The second-order valence-electron chi connectivity index (χ2n) is 10.1. The van der Waals surface area contributed by atoms with E-state index in [0.29, 0.717) is 19.8 Å². The molecule has 0 amide bonds. The first kappa shape index (κ1) is 32.5. The molecule has 0 radical (unpaired) electrons. The first-order valence-electron chi connectivity index (χ1n) is 15.5. The van der Waals surface area contributed by atoms with Crippen LogP contribution in [0.4, 0.5) is 0 Å². The third-order valence-corrected chi connectivity index (χ3v) is 8.94. The van der Waals surface area contributed by atoms with Gasteiger partial charge in [-0.15, -0.1) is 0 Å². The van der Waals surface area contributed by atoms with Crippen molar-refractivity contribution >= 4 is 31.1 Å². The molecule has 4 heteroatoms. The molecule has 0 fully saturated rings. The lowest BCUT2D eigenvalue weighted by atomic mass is 9.86. The van der Waals surface area contributed by atoms with Crippen molar-refractivity contribution in [1.82, 2.24) is 0 Å². The van der Waals surface area contributed by atoms with E-state index >= 15 is 0 Å². The predicted molar refractivity (Wildman–Crippen MR) is 168 cm³/mol. The molecular formula is C34H54O3Si. The van der Waals surface area contributed by atoms with Crippen molar-refractivity contribution < 1.29 is 13.3 Å². The zero-order valence-corrected chi connectivity index (χ0v) is 26.2. The molecule has 0 atom stereocenters. The van der Waals surface area contributed by atoms with E-state index in [1.807, 2.05) is 20.8 Å². The quantitative estimate of drug-likeness (QED) is 0.123. The Labute approximate surface area is 235 Å².